The second-order valence-corrected chi connectivity index (χ2v) is 13.9. The quantitative estimate of drug-likeness (QED) is 0.0792. The molecule has 0 spiro atoms. The Kier molecular flexibility index (Phi) is 14.6. The fourth-order valence-electron chi connectivity index (χ4n) is 6.35. The van der Waals surface area contributed by atoms with Crippen LogP contribution in [0.15, 0.2) is 58.1 Å². The molecule has 0 radical (unpaired) electrons. The molecule has 4 aromatic rings. The zero-order valence-corrected chi connectivity index (χ0v) is 32.1. The highest BCUT2D eigenvalue weighted by atomic mass is 32.1. The molecule has 14 heteroatoms. The van der Waals surface area contributed by atoms with E-state index >= 15 is 0 Å². The zero-order valence-electron chi connectivity index (χ0n) is 31.3. The number of nitrogen functional groups attached to an aromatic ring is 2. The van der Waals surface area contributed by atoms with Gasteiger partial charge >= 0.3 is 0 Å². The van der Waals surface area contributed by atoms with E-state index in [4.69, 9.17) is 21.9 Å². The van der Waals surface area contributed by atoms with Crippen LogP contribution in [0.3, 0.4) is 0 Å². The lowest BCUT2D eigenvalue weighted by atomic mass is 9.79. The minimum Gasteiger partial charge on any atom is -0.476 e. The van der Waals surface area contributed by atoms with Crippen LogP contribution in [-0.4, -0.2) is 62.7 Å². The van der Waals surface area contributed by atoms with Gasteiger partial charge in [-0.25, -0.2) is 9.98 Å². The standard InChI is InChI=1S/C38H46N10O3S.C2H2/c1-5-11-27(35(49)26-13-10-14-29-32(26)28(19-39)36(42)52-29)34(41)37-45-30(18-31(46-37)51-22-25(6-2)47(4)7-3)44-20-23-15-17-48(38(50)33(23)40)21-24-12-8-9-16-43-24;1-2/h8-9,12,15-18,20,25-26H,5-7,10-11,13-14,21-22,40-42H2,1-4H3;1-2H/b34-27-,44-20+;/t25-,26-;/m0./s1. The Hall–Kier alpha value is -5.83. The van der Waals surface area contributed by atoms with Crippen molar-refractivity contribution < 1.29 is 9.53 Å². The molecule has 5 rings (SSSR count). The fourth-order valence-corrected chi connectivity index (χ4v) is 7.48. The maximum Gasteiger partial charge on any atom is 0.274 e. The van der Waals surface area contributed by atoms with Crippen LogP contribution < -0.4 is 27.5 Å². The highest BCUT2D eigenvalue weighted by Gasteiger charge is 2.34. The first-order valence-electron chi connectivity index (χ1n) is 17.9. The number of terminal acetylenes is 1. The van der Waals surface area contributed by atoms with Crippen molar-refractivity contribution >= 4 is 45.5 Å². The number of hydrogen-bond acceptors (Lipinski definition) is 13. The molecule has 0 saturated carbocycles. The number of aromatic nitrogens is 4. The van der Waals surface area contributed by atoms with Crippen molar-refractivity contribution in [3.8, 4) is 24.8 Å². The number of ether oxygens (including phenoxy) is 1. The number of thiophene rings is 1. The fraction of sp³-hybridized carbons (Fsp3) is 0.375. The summed E-state index contributed by atoms with van der Waals surface area (Å²) in [6.07, 6.45) is 16.8. The summed E-state index contributed by atoms with van der Waals surface area (Å²) in [5, 5.41) is 10.3. The molecule has 0 saturated heterocycles. The van der Waals surface area contributed by atoms with Crippen molar-refractivity contribution in [1.82, 2.24) is 24.4 Å². The van der Waals surface area contributed by atoms with Gasteiger partial charge in [-0.15, -0.1) is 24.2 Å². The summed E-state index contributed by atoms with van der Waals surface area (Å²) in [5.74, 6) is -0.163. The van der Waals surface area contributed by atoms with Crippen LogP contribution in [0, 0.1) is 24.2 Å². The average molecular weight is 749 g/mol. The molecule has 13 nitrogen and oxygen atoms in total. The predicted molar refractivity (Wildman–Crippen MR) is 216 cm³/mol. The van der Waals surface area contributed by atoms with Gasteiger partial charge in [-0.1, -0.05) is 33.3 Å². The lowest BCUT2D eigenvalue weighted by Crippen LogP contribution is -2.36. The maximum atomic E-state index is 14.3. The third kappa shape index (κ3) is 9.39. The summed E-state index contributed by atoms with van der Waals surface area (Å²) in [6.45, 7) is 7.61. The first kappa shape index (κ1) is 40.9. The van der Waals surface area contributed by atoms with Crippen molar-refractivity contribution in [3.05, 3.63) is 91.7 Å². The van der Waals surface area contributed by atoms with Gasteiger partial charge in [-0.2, -0.15) is 10.2 Å². The van der Waals surface area contributed by atoms with Crippen molar-refractivity contribution in [2.45, 2.75) is 77.8 Å². The van der Waals surface area contributed by atoms with Crippen LogP contribution in [-0.2, 0) is 17.8 Å². The number of allylic oxidation sites excluding steroid dienone is 1. The van der Waals surface area contributed by atoms with E-state index in [9.17, 15) is 14.9 Å². The molecule has 0 aromatic carbocycles. The molecule has 0 unspecified atom stereocenters. The number of nitrogens with two attached hydrogens (primary N) is 3. The number of nitrogens with zero attached hydrogens (tertiary/aromatic N) is 7. The van der Waals surface area contributed by atoms with E-state index in [2.05, 4.69) is 57.6 Å². The topological polar surface area (TPSA) is 204 Å². The van der Waals surface area contributed by atoms with Gasteiger partial charge in [0.15, 0.2) is 17.4 Å². The largest absolute Gasteiger partial charge is 0.476 e. The van der Waals surface area contributed by atoms with E-state index in [1.807, 2.05) is 32.2 Å². The normalized spacial score (nSPS) is 14.7. The van der Waals surface area contributed by atoms with Crippen molar-refractivity contribution in [2.24, 2.45) is 10.7 Å². The van der Waals surface area contributed by atoms with Crippen LogP contribution >= 0.6 is 11.3 Å². The summed E-state index contributed by atoms with van der Waals surface area (Å²) in [7, 11) is 2.03. The summed E-state index contributed by atoms with van der Waals surface area (Å²) >= 11 is 1.38. The molecule has 4 heterocycles. The molecule has 4 aromatic heterocycles. The monoisotopic (exact) mass is 748 g/mol. The number of anilines is 2. The van der Waals surface area contributed by atoms with E-state index in [1.165, 1.54) is 22.1 Å². The number of carbonyl (C=O) groups excluding carboxylic acids is 1. The molecule has 0 aliphatic heterocycles. The van der Waals surface area contributed by atoms with Gasteiger partial charge in [0.1, 0.15) is 23.4 Å². The summed E-state index contributed by atoms with van der Waals surface area (Å²) in [5.41, 5.74) is 21.7. The van der Waals surface area contributed by atoms with E-state index in [0.717, 1.165) is 41.9 Å². The number of nitriles is 1. The molecule has 0 fully saturated rings. The number of carbonyl (C=O) groups is 1. The van der Waals surface area contributed by atoms with E-state index in [-0.39, 0.29) is 52.8 Å². The number of hydrogen-bond donors (Lipinski definition) is 3. The van der Waals surface area contributed by atoms with E-state index in [0.29, 0.717) is 47.6 Å². The van der Waals surface area contributed by atoms with Gasteiger partial charge in [-0.05, 0) is 69.5 Å². The Morgan fingerprint density at radius 2 is 2.02 bits per heavy atom. The lowest BCUT2D eigenvalue weighted by molar-refractivity contribution is -0.117. The summed E-state index contributed by atoms with van der Waals surface area (Å²) in [4.78, 5) is 48.8. The summed E-state index contributed by atoms with van der Waals surface area (Å²) in [6, 6.07) is 11.1. The number of likely N-dealkylation sites (N-methyl/N-ethyl adjacent to an activating group) is 1. The lowest BCUT2D eigenvalue weighted by Gasteiger charge is -2.25. The second-order valence-electron chi connectivity index (χ2n) is 12.8. The Labute approximate surface area is 320 Å². The van der Waals surface area contributed by atoms with E-state index < -0.39 is 5.92 Å². The Morgan fingerprint density at radius 1 is 1.24 bits per heavy atom. The average Bonchev–Trinajstić information content (AvgIpc) is 3.54. The number of rotatable bonds is 15. The highest BCUT2D eigenvalue weighted by Crippen LogP contribution is 2.44. The Morgan fingerprint density at radius 3 is 2.69 bits per heavy atom. The van der Waals surface area contributed by atoms with Crippen LogP contribution in [0.2, 0.25) is 0 Å². The number of ketones is 1. The third-order valence-corrected chi connectivity index (χ3v) is 10.5. The molecular formula is C40H48N10O3S. The first-order valence-corrected chi connectivity index (χ1v) is 18.7. The van der Waals surface area contributed by atoms with Crippen LogP contribution in [0.4, 0.5) is 16.5 Å². The van der Waals surface area contributed by atoms with Gasteiger partial charge in [0.25, 0.3) is 5.56 Å². The minimum absolute atomic E-state index is 0.0224. The highest BCUT2D eigenvalue weighted by molar-refractivity contribution is 7.16. The van der Waals surface area contributed by atoms with Gasteiger partial charge in [0.2, 0.25) is 5.88 Å². The molecule has 0 amide bonds. The number of pyridine rings is 2. The minimum atomic E-state index is -0.540. The molecule has 0 bridgehead atoms. The number of fused-ring (bicyclic) bond motifs is 1. The van der Waals surface area contributed by atoms with Crippen molar-refractivity contribution in [3.63, 3.8) is 0 Å². The van der Waals surface area contributed by atoms with Crippen LogP contribution in [0.25, 0.3) is 5.70 Å². The smallest absolute Gasteiger partial charge is 0.274 e. The molecule has 1 aliphatic carbocycles. The van der Waals surface area contributed by atoms with Crippen LogP contribution in [0.5, 0.6) is 5.88 Å². The molecule has 2 atom stereocenters. The number of aryl methyl sites for hydroxylation is 1. The van der Waals surface area contributed by atoms with Crippen molar-refractivity contribution in [1.29, 1.82) is 5.26 Å². The Balaban J connectivity index is 0.00000319. The first-order chi connectivity index (χ1) is 26.1. The van der Waals surface area contributed by atoms with Gasteiger partial charge in [-0.3, -0.25) is 14.6 Å². The molecule has 54 heavy (non-hydrogen) atoms. The van der Waals surface area contributed by atoms with Crippen molar-refractivity contribution in [2.75, 3.05) is 31.7 Å². The third-order valence-electron chi connectivity index (χ3n) is 9.42. The van der Waals surface area contributed by atoms with Gasteiger partial charge in [0, 0.05) is 52.6 Å². The number of Topliss-reactive ketones (excluding diaryl/α,β-unsaturated/α-hetero) is 1. The number of aliphatic imine (C=N–C) groups is 1. The second kappa shape index (κ2) is 19.3. The zero-order chi connectivity index (χ0) is 39.4. The Bertz CT molecular complexity index is 2110. The summed E-state index contributed by atoms with van der Waals surface area (Å²) < 4.78 is 7.70. The van der Waals surface area contributed by atoms with Crippen LogP contribution in [0.1, 0.15) is 91.9 Å². The van der Waals surface area contributed by atoms with E-state index in [1.54, 1.807) is 24.5 Å². The SMILES string of the molecule is C#C.CCC/C(C(=O)[C@H]1CCCc2sc(N)c(C#N)c21)=C(/N)c1nc(/N=C/c2ccn(Cc3ccccn3)c(=O)c2N)cc(OC[C@H](CC)N(C)CC)n1. The molecule has 282 valence electrons. The molecule has 6 N–H and O–H groups in total. The van der Waals surface area contributed by atoms with Gasteiger partial charge in [0.05, 0.1) is 23.5 Å². The maximum absolute atomic E-state index is 14.3. The molecular weight excluding hydrogens is 701 g/mol. The molecule has 1 aliphatic rings. The predicted octanol–water partition coefficient (Wildman–Crippen LogP) is 5.45. The van der Waals surface area contributed by atoms with Gasteiger partial charge < -0.3 is 31.4 Å².